The van der Waals surface area contributed by atoms with Crippen LogP contribution in [0.1, 0.15) is 73.6 Å². The van der Waals surface area contributed by atoms with Gasteiger partial charge in [0.2, 0.25) is 0 Å². The first-order chi connectivity index (χ1) is 12.0. The number of rotatable bonds is 7. The monoisotopic (exact) mass is 382 g/mol. The molecule has 0 N–H and O–H groups in total. The van der Waals surface area contributed by atoms with Crippen LogP contribution in [0.5, 0.6) is 0 Å². The Morgan fingerprint density at radius 2 is 1.88 bits per heavy atom. The number of hydrogen-bond donors (Lipinski definition) is 0. The van der Waals surface area contributed by atoms with Crippen molar-refractivity contribution in [2.75, 3.05) is 7.11 Å². The SMILES string of the molecule is COC(/C=C/C(C)(C)C1CCC2C(OP)CCCC21C)C(C)(C)C(C)=O. The first kappa shape index (κ1) is 22.1. The van der Waals surface area contributed by atoms with Gasteiger partial charge in [0.1, 0.15) is 5.78 Å². The first-order valence-electron chi connectivity index (χ1n) is 10.1. The van der Waals surface area contributed by atoms with Crippen LogP contribution in [0.2, 0.25) is 0 Å². The van der Waals surface area contributed by atoms with E-state index in [2.05, 4.69) is 42.4 Å². The summed E-state index contributed by atoms with van der Waals surface area (Å²) in [5, 5.41) is 0. The second-order valence-corrected chi connectivity index (χ2v) is 10.2. The quantitative estimate of drug-likeness (QED) is 0.425. The standard InChI is InChI=1S/C22H39O3P/c1-15(23)21(4,5)19(24-7)12-14-20(2,3)18-11-10-16-17(25-26)9-8-13-22(16,18)6/h12,14,16-19H,8-11,13,26H2,1-7H3/b14-12+. The number of ether oxygens (including phenoxy) is 1. The number of allylic oxidation sites excluding steroid dienone is 1. The van der Waals surface area contributed by atoms with E-state index in [1.54, 1.807) is 14.0 Å². The highest BCUT2D eigenvalue weighted by molar-refractivity contribution is 7.09. The van der Waals surface area contributed by atoms with E-state index >= 15 is 0 Å². The second-order valence-electron chi connectivity index (χ2n) is 9.92. The highest BCUT2D eigenvalue weighted by Crippen LogP contribution is 2.61. The van der Waals surface area contributed by atoms with Gasteiger partial charge in [-0.05, 0) is 55.3 Å². The first-order valence-corrected chi connectivity index (χ1v) is 10.6. The molecule has 0 amide bonds. The van der Waals surface area contributed by atoms with Gasteiger partial charge >= 0.3 is 0 Å². The summed E-state index contributed by atoms with van der Waals surface area (Å²) in [5.41, 5.74) is -0.117. The average molecular weight is 383 g/mol. The average Bonchev–Trinajstić information content (AvgIpc) is 2.92. The lowest BCUT2D eigenvalue weighted by molar-refractivity contribution is -0.130. The molecule has 0 aromatic heterocycles. The Bertz CT molecular complexity index is 540. The fraction of sp³-hybridized carbons (Fsp3) is 0.864. The van der Waals surface area contributed by atoms with E-state index in [4.69, 9.17) is 9.26 Å². The van der Waals surface area contributed by atoms with Gasteiger partial charge < -0.3 is 9.26 Å². The molecule has 6 atom stereocenters. The molecule has 2 rings (SSSR count). The summed E-state index contributed by atoms with van der Waals surface area (Å²) in [6, 6.07) is 0. The molecule has 0 aromatic rings. The molecule has 2 aliphatic carbocycles. The van der Waals surface area contributed by atoms with Crippen molar-refractivity contribution in [3.8, 4) is 0 Å². The number of fused-ring (bicyclic) bond motifs is 1. The zero-order valence-electron chi connectivity index (χ0n) is 17.8. The number of carbonyl (C=O) groups is 1. The minimum Gasteiger partial charge on any atom is -0.376 e. The molecule has 0 heterocycles. The molecule has 0 saturated heterocycles. The molecule has 3 nitrogen and oxygen atoms in total. The molecule has 2 aliphatic rings. The van der Waals surface area contributed by atoms with Crippen LogP contribution in [0, 0.1) is 28.1 Å². The zero-order chi connectivity index (χ0) is 19.8. The smallest absolute Gasteiger partial charge is 0.138 e. The number of Topliss-reactive ketones (excluding diaryl/α,β-unsaturated/α-hetero) is 1. The molecule has 4 heteroatoms. The summed E-state index contributed by atoms with van der Waals surface area (Å²) in [6.07, 6.45) is 10.9. The van der Waals surface area contributed by atoms with Gasteiger partial charge in [-0.2, -0.15) is 0 Å². The Balaban J connectivity index is 2.23. The van der Waals surface area contributed by atoms with Gasteiger partial charge in [0.05, 0.1) is 17.6 Å². The van der Waals surface area contributed by atoms with Gasteiger partial charge in [-0.25, -0.2) is 0 Å². The van der Waals surface area contributed by atoms with Crippen molar-refractivity contribution in [2.45, 2.75) is 85.9 Å². The third-order valence-electron chi connectivity index (χ3n) is 7.71. The van der Waals surface area contributed by atoms with Crippen molar-refractivity contribution in [3.63, 3.8) is 0 Å². The third kappa shape index (κ3) is 3.96. The normalized spacial score (nSPS) is 34.1. The molecule has 6 unspecified atom stereocenters. The van der Waals surface area contributed by atoms with Crippen LogP contribution in [0.25, 0.3) is 0 Å². The van der Waals surface area contributed by atoms with E-state index in [0.29, 0.717) is 23.4 Å². The molecule has 2 saturated carbocycles. The minimum atomic E-state index is -0.507. The largest absolute Gasteiger partial charge is 0.376 e. The van der Waals surface area contributed by atoms with Gasteiger partial charge in [-0.1, -0.05) is 53.2 Å². The van der Waals surface area contributed by atoms with Crippen molar-refractivity contribution in [1.82, 2.24) is 0 Å². The summed E-state index contributed by atoms with van der Waals surface area (Å²) in [7, 11) is 4.19. The maximum absolute atomic E-state index is 12.0. The van der Waals surface area contributed by atoms with E-state index in [1.165, 1.54) is 32.1 Å². The van der Waals surface area contributed by atoms with E-state index in [0.717, 1.165) is 0 Å². The van der Waals surface area contributed by atoms with Crippen LogP contribution < -0.4 is 0 Å². The summed E-state index contributed by atoms with van der Waals surface area (Å²) >= 11 is 0. The Morgan fingerprint density at radius 1 is 1.23 bits per heavy atom. The van der Waals surface area contributed by atoms with Gasteiger partial charge in [-0.3, -0.25) is 4.79 Å². The lowest BCUT2D eigenvalue weighted by atomic mass is 9.58. The highest BCUT2D eigenvalue weighted by Gasteiger charge is 2.55. The van der Waals surface area contributed by atoms with Crippen LogP contribution in [-0.2, 0) is 14.1 Å². The van der Waals surface area contributed by atoms with Crippen molar-refractivity contribution < 1.29 is 14.1 Å². The molecule has 26 heavy (non-hydrogen) atoms. The Labute approximate surface area is 163 Å². The third-order valence-corrected chi connectivity index (χ3v) is 8.06. The topological polar surface area (TPSA) is 35.5 Å². The molecule has 2 fully saturated rings. The van der Waals surface area contributed by atoms with Gasteiger partial charge in [0.15, 0.2) is 0 Å². The van der Waals surface area contributed by atoms with Gasteiger partial charge in [0, 0.05) is 16.6 Å². The molecule has 0 radical (unpaired) electrons. The number of methoxy groups -OCH3 is 1. The fourth-order valence-electron chi connectivity index (χ4n) is 5.77. The molecule has 0 aliphatic heterocycles. The van der Waals surface area contributed by atoms with Gasteiger partial charge in [-0.15, -0.1) is 0 Å². The summed E-state index contributed by atoms with van der Waals surface area (Å²) in [4.78, 5) is 12.0. The second kappa shape index (κ2) is 8.02. The van der Waals surface area contributed by atoms with Crippen molar-refractivity contribution in [2.24, 2.45) is 28.1 Å². The summed E-state index contributed by atoms with van der Waals surface area (Å²) < 4.78 is 11.4. The lowest BCUT2D eigenvalue weighted by Crippen LogP contribution is -2.44. The Hall–Kier alpha value is -0.240. The van der Waals surface area contributed by atoms with E-state index in [1.807, 2.05) is 13.8 Å². The van der Waals surface area contributed by atoms with Crippen LogP contribution >= 0.6 is 9.47 Å². The molecule has 150 valence electrons. The van der Waals surface area contributed by atoms with Crippen molar-refractivity contribution in [1.29, 1.82) is 0 Å². The predicted octanol–water partition coefficient (Wildman–Crippen LogP) is 5.59. The zero-order valence-corrected chi connectivity index (χ0v) is 19.0. The van der Waals surface area contributed by atoms with E-state index in [9.17, 15) is 4.79 Å². The predicted molar refractivity (Wildman–Crippen MR) is 111 cm³/mol. The molecular formula is C22H39O3P. The number of carbonyl (C=O) groups excluding carboxylic acids is 1. The number of hydrogen-bond acceptors (Lipinski definition) is 3. The highest BCUT2D eigenvalue weighted by atomic mass is 31.0. The van der Waals surface area contributed by atoms with Crippen LogP contribution in [0.15, 0.2) is 12.2 Å². The molecular weight excluding hydrogens is 343 g/mol. The van der Waals surface area contributed by atoms with E-state index < -0.39 is 5.41 Å². The summed E-state index contributed by atoms with van der Waals surface area (Å²) in [6.45, 7) is 12.8. The molecule has 0 bridgehead atoms. The van der Waals surface area contributed by atoms with E-state index in [-0.39, 0.29) is 17.3 Å². The maximum atomic E-state index is 12.0. The molecule has 0 aromatic carbocycles. The minimum absolute atomic E-state index is 0.0654. The Kier molecular flexibility index (Phi) is 6.80. The van der Waals surface area contributed by atoms with Crippen LogP contribution in [0.4, 0.5) is 0 Å². The van der Waals surface area contributed by atoms with Crippen molar-refractivity contribution in [3.05, 3.63) is 12.2 Å². The maximum Gasteiger partial charge on any atom is 0.138 e. The summed E-state index contributed by atoms with van der Waals surface area (Å²) in [5.74, 6) is 1.43. The number of ketones is 1. The fourth-order valence-corrected chi connectivity index (χ4v) is 6.10. The van der Waals surface area contributed by atoms with Crippen molar-refractivity contribution >= 4 is 15.2 Å². The lowest BCUT2D eigenvalue weighted by Gasteiger charge is -2.48. The molecule has 0 spiro atoms. The van der Waals surface area contributed by atoms with Crippen LogP contribution in [-0.4, -0.2) is 25.1 Å². The van der Waals surface area contributed by atoms with Crippen LogP contribution in [0.3, 0.4) is 0 Å². The Morgan fingerprint density at radius 3 is 2.42 bits per heavy atom. The van der Waals surface area contributed by atoms with Gasteiger partial charge in [0.25, 0.3) is 0 Å².